The fraction of sp³-hybridized carbons (Fsp3) is 0.267. The van der Waals surface area contributed by atoms with Crippen molar-refractivity contribution in [1.82, 2.24) is 14.7 Å². The number of nitrogens with one attached hydrogen (secondary N) is 1. The molecular formula is C15H16N4O2. The molecule has 0 radical (unpaired) electrons. The van der Waals surface area contributed by atoms with Crippen molar-refractivity contribution in [3.05, 3.63) is 41.8 Å². The van der Waals surface area contributed by atoms with Gasteiger partial charge in [0, 0.05) is 12.6 Å². The van der Waals surface area contributed by atoms with Crippen LogP contribution >= 0.6 is 0 Å². The largest absolute Gasteiger partial charge is 0.361 e. The molecule has 0 unspecified atom stereocenters. The lowest BCUT2D eigenvalue weighted by Crippen LogP contribution is -2.16. The van der Waals surface area contributed by atoms with Gasteiger partial charge in [-0.05, 0) is 25.5 Å². The van der Waals surface area contributed by atoms with E-state index in [1.165, 1.54) is 0 Å². The van der Waals surface area contributed by atoms with E-state index in [0.717, 1.165) is 24.0 Å². The van der Waals surface area contributed by atoms with Crippen LogP contribution in [0.4, 0.5) is 5.95 Å². The molecule has 0 saturated carbocycles. The van der Waals surface area contributed by atoms with Gasteiger partial charge >= 0.3 is 0 Å². The SMILES string of the molecule is CCCn1c(NC(=O)c2cc(C)on2)nc2ccccc21. The zero-order valence-electron chi connectivity index (χ0n) is 12.0. The molecule has 0 saturated heterocycles. The maximum Gasteiger partial charge on any atom is 0.280 e. The second-order valence-corrected chi connectivity index (χ2v) is 4.85. The smallest absolute Gasteiger partial charge is 0.280 e. The minimum Gasteiger partial charge on any atom is -0.361 e. The molecule has 2 heterocycles. The summed E-state index contributed by atoms with van der Waals surface area (Å²) in [6.45, 7) is 4.62. The van der Waals surface area contributed by atoms with Gasteiger partial charge in [-0.15, -0.1) is 0 Å². The number of hydrogen-bond donors (Lipinski definition) is 1. The number of hydrogen-bond acceptors (Lipinski definition) is 4. The molecule has 1 N–H and O–H groups in total. The Bertz CT molecular complexity index is 788. The number of carbonyl (C=O) groups is 1. The van der Waals surface area contributed by atoms with Crippen molar-refractivity contribution in [3.8, 4) is 0 Å². The summed E-state index contributed by atoms with van der Waals surface area (Å²) in [6.07, 6.45) is 0.951. The first-order valence-corrected chi connectivity index (χ1v) is 6.89. The van der Waals surface area contributed by atoms with Crippen LogP contribution in [-0.2, 0) is 6.54 Å². The average molecular weight is 284 g/mol. The van der Waals surface area contributed by atoms with E-state index in [-0.39, 0.29) is 11.6 Å². The second-order valence-electron chi connectivity index (χ2n) is 4.85. The number of imidazole rings is 1. The monoisotopic (exact) mass is 284 g/mol. The molecule has 0 aliphatic carbocycles. The van der Waals surface area contributed by atoms with E-state index < -0.39 is 0 Å². The lowest BCUT2D eigenvalue weighted by Gasteiger charge is -2.07. The Morgan fingerprint density at radius 2 is 2.19 bits per heavy atom. The van der Waals surface area contributed by atoms with Gasteiger partial charge in [-0.25, -0.2) is 4.98 Å². The summed E-state index contributed by atoms with van der Waals surface area (Å²) in [5.74, 6) is 0.811. The summed E-state index contributed by atoms with van der Waals surface area (Å²) in [5.41, 5.74) is 2.12. The van der Waals surface area contributed by atoms with Crippen molar-refractivity contribution in [1.29, 1.82) is 0 Å². The van der Waals surface area contributed by atoms with E-state index in [2.05, 4.69) is 22.4 Å². The number of amides is 1. The molecule has 21 heavy (non-hydrogen) atoms. The highest BCUT2D eigenvalue weighted by molar-refractivity contribution is 6.02. The molecule has 108 valence electrons. The first kappa shape index (κ1) is 13.4. The fourth-order valence-electron chi connectivity index (χ4n) is 2.26. The van der Waals surface area contributed by atoms with Crippen LogP contribution in [0.25, 0.3) is 11.0 Å². The molecule has 0 bridgehead atoms. The highest BCUT2D eigenvalue weighted by Crippen LogP contribution is 2.20. The predicted octanol–water partition coefficient (Wildman–Crippen LogP) is 3.00. The maximum atomic E-state index is 12.2. The lowest BCUT2D eigenvalue weighted by atomic mass is 10.3. The van der Waals surface area contributed by atoms with Crippen LogP contribution < -0.4 is 5.32 Å². The summed E-state index contributed by atoms with van der Waals surface area (Å²) in [4.78, 5) is 16.6. The van der Waals surface area contributed by atoms with Gasteiger partial charge in [0.1, 0.15) is 5.76 Å². The van der Waals surface area contributed by atoms with E-state index in [9.17, 15) is 4.79 Å². The van der Waals surface area contributed by atoms with Crippen molar-refractivity contribution < 1.29 is 9.32 Å². The number of nitrogens with zero attached hydrogens (tertiary/aromatic N) is 3. The number of carbonyl (C=O) groups excluding carboxylic acids is 1. The molecule has 0 atom stereocenters. The van der Waals surface area contributed by atoms with E-state index in [1.807, 2.05) is 28.8 Å². The van der Waals surface area contributed by atoms with Crippen LogP contribution in [0, 0.1) is 6.92 Å². The Morgan fingerprint density at radius 3 is 2.90 bits per heavy atom. The van der Waals surface area contributed by atoms with Gasteiger partial charge in [-0.2, -0.15) is 0 Å². The van der Waals surface area contributed by atoms with Crippen LogP contribution in [0.3, 0.4) is 0 Å². The molecule has 0 fully saturated rings. The summed E-state index contributed by atoms with van der Waals surface area (Å²) in [7, 11) is 0. The topological polar surface area (TPSA) is 73.0 Å². The van der Waals surface area contributed by atoms with Gasteiger partial charge in [0.05, 0.1) is 11.0 Å². The quantitative estimate of drug-likeness (QED) is 0.799. The Hall–Kier alpha value is -2.63. The Kier molecular flexibility index (Phi) is 3.43. The van der Waals surface area contributed by atoms with Crippen molar-refractivity contribution in [2.75, 3.05) is 5.32 Å². The van der Waals surface area contributed by atoms with Gasteiger partial charge in [0.25, 0.3) is 5.91 Å². The molecule has 0 spiro atoms. The van der Waals surface area contributed by atoms with Gasteiger partial charge in [-0.3, -0.25) is 10.1 Å². The minimum atomic E-state index is -0.320. The zero-order valence-corrected chi connectivity index (χ0v) is 12.0. The van der Waals surface area contributed by atoms with E-state index in [0.29, 0.717) is 11.7 Å². The number of aromatic nitrogens is 3. The van der Waals surface area contributed by atoms with Crippen molar-refractivity contribution >= 4 is 22.9 Å². The molecule has 1 aromatic carbocycles. The second kappa shape index (κ2) is 5.40. The molecule has 3 rings (SSSR count). The van der Waals surface area contributed by atoms with Gasteiger partial charge in [0.15, 0.2) is 5.69 Å². The highest BCUT2D eigenvalue weighted by Gasteiger charge is 2.16. The average Bonchev–Trinajstić information content (AvgIpc) is 3.04. The van der Waals surface area contributed by atoms with E-state index in [4.69, 9.17) is 4.52 Å². The summed E-state index contributed by atoms with van der Waals surface area (Å²) in [5, 5.41) is 6.52. The molecule has 6 nitrogen and oxygen atoms in total. The number of anilines is 1. The first-order chi connectivity index (χ1) is 10.2. The molecule has 0 aliphatic rings. The van der Waals surface area contributed by atoms with Crippen LogP contribution in [-0.4, -0.2) is 20.6 Å². The van der Waals surface area contributed by atoms with Crippen molar-refractivity contribution in [2.24, 2.45) is 0 Å². The van der Waals surface area contributed by atoms with Gasteiger partial charge in [0.2, 0.25) is 5.95 Å². The number of aryl methyl sites for hydroxylation is 2. The number of fused-ring (bicyclic) bond motifs is 1. The predicted molar refractivity (Wildman–Crippen MR) is 79.2 cm³/mol. The van der Waals surface area contributed by atoms with E-state index >= 15 is 0 Å². The minimum absolute atomic E-state index is 0.252. The van der Waals surface area contributed by atoms with Crippen LogP contribution in [0.1, 0.15) is 29.6 Å². The summed E-state index contributed by atoms with van der Waals surface area (Å²) in [6, 6.07) is 9.41. The Balaban J connectivity index is 1.96. The highest BCUT2D eigenvalue weighted by atomic mass is 16.5. The van der Waals surface area contributed by atoms with Gasteiger partial charge < -0.3 is 9.09 Å². The summed E-state index contributed by atoms with van der Waals surface area (Å²) >= 11 is 0. The maximum absolute atomic E-state index is 12.2. The van der Waals surface area contributed by atoms with E-state index in [1.54, 1.807) is 13.0 Å². The number of rotatable bonds is 4. The molecule has 3 aromatic rings. The van der Waals surface area contributed by atoms with Gasteiger partial charge in [-0.1, -0.05) is 24.2 Å². The molecule has 6 heteroatoms. The van der Waals surface area contributed by atoms with Crippen LogP contribution in [0.15, 0.2) is 34.9 Å². The number of benzene rings is 1. The Labute approximate surface area is 121 Å². The zero-order chi connectivity index (χ0) is 14.8. The first-order valence-electron chi connectivity index (χ1n) is 6.89. The normalized spacial score (nSPS) is 11.0. The third kappa shape index (κ3) is 2.52. The standard InChI is InChI=1S/C15H16N4O2/c1-3-8-19-13-7-5-4-6-11(13)16-15(19)17-14(20)12-9-10(2)21-18-12/h4-7,9H,3,8H2,1-2H3,(H,16,17,20). The third-order valence-corrected chi connectivity index (χ3v) is 3.19. The number of para-hydroxylation sites is 2. The Morgan fingerprint density at radius 1 is 1.38 bits per heavy atom. The van der Waals surface area contributed by atoms with Crippen LogP contribution in [0.2, 0.25) is 0 Å². The molecule has 1 amide bonds. The molecule has 0 aliphatic heterocycles. The summed E-state index contributed by atoms with van der Waals surface area (Å²) < 4.78 is 6.92. The van der Waals surface area contributed by atoms with Crippen LogP contribution in [0.5, 0.6) is 0 Å². The van der Waals surface area contributed by atoms with Crippen molar-refractivity contribution in [2.45, 2.75) is 26.8 Å². The molecule has 2 aromatic heterocycles. The fourth-order valence-corrected chi connectivity index (χ4v) is 2.26. The molecular weight excluding hydrogens is 268 g/mol. The van der Waals surface area contributed by atoms with Crippen molar-refractivity contribution in [3.63, 3.8) is 0 Å². The third-order valence-electron chi connectivity index (χ3n) is 3.19. The lowest BCUT2D eigenvalue weighted by molar-refractivity contribution is 0.101.